The lowest BCUT2D eigenvalue weighted by Gasteiger charge is -2.09. The van der Waals surface area contributed by atoms with Crippen LogP contribution in [0.2, 0.25) is 5.02 Å². The van der Waals surface area contributed by atoms with E-state index in [0.717, 1.165) is 5.56 Å². The highest BCUT2D eigenvalue weighted by atomic mass is 35.5. The number of halogens is 1. The smallest absolute Gasteiger partial charge is 0.344 e. The molecular formula is C27H23ClN2O5. The monoisotopic (exact) mass is 490 g/mol. The Morgan fingerprint density at radius 2 is 1.77 bits per heavy atom. The Bertz CT molecular complexity index is 1230. The number of nitrogens with one attached hydrogen (secondary N) is 1. The van der Waals surface area contributed by atoms with Crippen LogP contribution in [0, 0.1) is 11.3 Å². The van der Waals surface area contributed by atoms with Crippen LogP contribution < -0.4 is 14.8 Å². The fourth-order valence-electron chi connectivity index (χ4n) is 2.95. The molecule has 3 aromatic carbocycles. The molecule has 0 atom stereocenters. The van der Waals surface area contributed by atoms with Gasteiger partial charge in [0.15, 0.2) is 6.61 Å². The van der Waals surface area contributed by atoms with Gasteiger partial charge >= 0.3 is 5.97 Å². The average Bonchev–Trinajstić information content (AvgIpc) is 2.87. The number of anilines is 1. The SMILES string of the molecule is CCOC(=O)COc1ccc(/C=C(\C#N)C(=O)Nc2ccc(OCc3ccccc3)cc2)cc1Cl. The Labute approximate surface area is 208 Å². The van der Waals surface area contributed by atoms with Gasteiger partial charge in [-0.2, -0.15) is 5.26 Å². The minimum atomic E-state index is -0.566. The molecule has 3 rings (SSSR count). The van der Waals surface area contributed by atoms with Crippen LogP contribution in [0.4, 0.5) is 5.69 Å². The number of benzene rings is 3. The largest absolute Gasteiger partial charge is 0.489 e. The Morgan fingerprint density at radius 3 is 2.43 bits per heavy atom. The highest BCUT2D eigenvalue weighted by molar-refractivity contribution is 6.32. The molecular weight excluding hydrogens is 468 g/mol. The predicted molar refractivity (Wildman–Crippen MR) is 133 cm³/mol. The number of ether oxygens (including phenoxy) is 3. The van der Waals surface area contributed by atoms with Crippen molar-refractivity contribution in [2.75, 3.05) is 18.5 Å². The Morgan fingerprint density at radius 1 is 1.03 bits per heavy atom. The normalized spacial score (nSPS) is 10.7. The van der Waals surface area contributed by atoms with Crippen molar-refractivity contribution < 1.29 is 23.8 Å². The van der Waals surface area contributed by atoms with Crippen molar-refractivity contribution in [3.05, 3.63) is 94.5 Å². The standard InChI is InChI=1S/C27H23ClN2O5/c1-2-33-26(31)18-35-25-13-8-20(15-24(25)28)14-21(16-29)27(32)30-22-9-11-23(12-10-22)34-17-19-6-4-3-5-7-19/h3-15H,2,17-18H2,1H3,(H,30,32)/b21-14+. The van der Waals surface area contributed by atoms with Crippen LogP contribution >= 0.6 is 11.6 Å². The lowest BCUT2D eigenvalue weighted by atomic mass is 10.1. The fraction of sp³-hybridized carbons (Fsp3) is 0.148. The quantitative estimate of drug-likeness (QED) is 0.232. The minimum Gasteiger partial charge on any atom is -0.489 e. The summed E-state index contributed by atoms with van der Waals surface area (Å²) in [6.45, 7) is 2.12. The first-order valence-electron chi connectivity index (χ1n) is 10.8. The molecule has 7 nitrogen and oxygen atoms in total. The van der Waals surface area contributed by atoms with Gasteiger partial charge in [0.1, 0.15) is 29.7 Å². The zero-order chi connectivity index (χ0) is 25.0. The van der Waals surface area contributed by atoms with E-state index in [0.29, 0.717) is 23.6 Å². The van der Waals surface area contributed by atoms with Gasteiger partial charge in [-0.3, -0.25) is 4.79 Å². The second-order valence-corrected chi connectivity index (χ2v) is 7.61. The van der Waals surface area contributed by atoms with Crippen molar-refractivity contribution in [2.45, 2.75) is 13.5 Å². The van der Waals surface area contributed by atoms with Crippen molar-refractivity contribution in [3.8, 4) is 17.6 Å². The summed E-state index contributed by atoms with van der Waals surface area (Å²) in [5.41, 5.74) is 1.98. The highest BCUT2D eigenvalue weighted by Gasteiger charge is 2.12. The lowest BCUT2D eigenvalue weighted by Crippen LogP contribution is -2.14. The Kier molecular flexibility index (Phi) is 9.29. The number of nitrogens with zero attached hydrogens (tertiary/aromatic N) is 1. The molecule has 0 aliphatic heterocycles. The maximum Gasteiger partial charge on any atom is 0.344 e. The molecule has 0 saturated heterocycles. The summed E-state index contributed by atoms with van der Waals surface area (Å²) in [5.74, 6) is -0.131. The van der Waals surface area contributed by atoms with Crippen molar-refractivity contribution in [3.63, 3.8) is 0 Å². The molecule has 3 aromatic rings. The minimum absolute atomic E-state index is 0.106. The van der Waals surface area contributed by atoms with E-state index >= 15 is 0 Å². The highest BCUT2D eigenvalue weighted by Crippen LogP contribution is 2.27. The van der Waals surface area contributed by atoms with Crippen molar-refractivity contribution in [1.29, 1.82) is 5.26 Å². The second-order valence-electron chi connectivity index (χ2n) is 7.21. The van der Waals surface area contributed by atoms with E-state index in [2.05, 4.69) is 5.32 Å². The van der Waals surface area contributed by atoms with E-state index in [1.807, 2.05) is 36.4 Å². The second kappa shape index (κ2) is 12.8. The molecule has 0 aliphatic rings. The summed E-state index contributed by atoms with van der Waals surface area (Å²) in [4.78, 5) is 24.0. The number of hydrogen-bond acceptors (Lipinski definition) is 6. The molecule has 1 N–H and O–H groups in total. The number of rotatable bonds is 10. The van der Waals surface area contributed by atoms with E-state index in [1.54, 1.807) is 43.3 Å². The number of carbonyl (C=O) groups excluding carboxylic acids is 2. The van der Waals surface area contributed by atoms with Gasteiger partial charge in [-0.1, -0.05) is 48.0 Å². The molecule has 0 spiro atoms. The van der Waals surface area contributed by atoms with Crippen molar-refractivity contribution in [1.82, 2.24) is 0 Å². The van der Waals surface area contributed by atoms with E-state index in [-0.39, 0.29) is 29.6 Å². The zero-order valence-electron chi connectivity index (χ0n) is 19.0. The molecule has 0 unspecified atom stereocenters. The summed E-state index contributed by atoms with van der Waals surface area (Å²) in [6.07, 6.45) is 1.41. The Balaban J connectivity index is 1.59. The van der Waals surface area contributed by atoms with Crippen LogP contribution in [0.5, 0.6) is 11.5 Å². The fourth-order valence-corrected chi connectivity index (χ4v) is 3.20. The first kappa shape index (κ1) is 25.3. The van der Waals surface area contributed by atoms with Crippen LogP contribution in [0.3, 0.4) is 0 Å². The molecule has 0 saturated carbocycles. The summed E-state index contributed by atoms with van der Waals surface area (Å²) in [7, 11) is 0. The van der Waals surface area contributed by atoms with Crippen LogP contribution in [0.15, 0.2) is 78.4 Å². The average molecular weight is 491 g/mol. The van der Waals surface area contributed by atoms with Crippen LogP contribution in [-0.4, -0.2) is 25.1 Å². The molecule has 1 amide bonds. The van der Waals surface area contributed by atoms with Crippen LogP contribution in [0.25, 0.3) is 6.08 Å². The first-order valence-corrected chi connectivity index (χ1v) is 11.1. The molecule has 35 heavy (non-hydrogen) atoms. The molecule has 0 heterocycles. The van der Waals surface area contributed by atoms with Gasteiger partial charge in [0.05, 0.1) is 11.6 Å². The maximum absolute atomic E-state index is 12.6. The first-order chi connectivity index (χ1) is 17.0. The van der Waals surface area contributed by atoms with E-state index in [4.69, 9.17) is 25.8 Å². The van der Waals surface area contributed by atoms with Gasteiger partial charge in [-0.25, -0.2) is 4.79 Å². The number of hydrogen-bond donors (Lipinski definition) is 1. The number of esters is 1. The van der Waals surface area contributed by atoms with Gasteiger partial charge < -0.3 is 19.5 Å². The number of amides is 1. The summed E-state index contributed by atoms with van der Waals surface area (Å²) < 4.78 is 15.9. The van der Waals surface area contributed by atoms with Gasteiger partial charge in [0.25, 0.3) is 5.91 Å². The number of nitriles is 1. The van der Waals surface area contributed by atoms with E-state index in [9.17, 15) is 14.9 Å². The lowest BCUT2D eigenvalue weighted by molar-refractivity contribution is -0.145. The zero-order valence-corrected chi connectivity index (χ0v) is 19.7. The third kappa shape index (κ3) is 7.91. The number of carbonyl (C=O) groups is 2. The predicted octanol–water partition coefficient (Wildman–Crippen LogP) is 5.41. The summed E-state index contributed by atoms with van der Waals surface area (Å²) >= 11 is 6.20. The van der Waals surface area contributed by atoms with Crippen LogP contribution in [0.1, 0.15) is 18.1 Å². The van der Waals surface area contributed by atoms with Gasteiger partial charge in [-0.05, 0) is 60.5 Å². The topological polar surface area (TPSA) is 97.7 Å². The van der Waals surface area contributed by atoms with Gasteiger partial charge in [-0.15, -0.1) is 0 Å². The van der Waals surface area contributed by atoms with Crippen LogP contribution in [-0.2, 0) is 20.9 Å². The van der Waals surface area contributed by atoms with Crippen molar-refractivity contribution >= 4 is 35.2 Å². The molecule has 0 aliphatic carbocycles. The Hall–Kier alpha value is -4.28. The molecule has 0 fully saturated rings. The third-order valence-electron chi connectivity index (χ3n) is 4.64. The van der Waals surface area contributed by atoms with E-state index in [1.165, 1.54) is 12.1 Å². The third-order valence-corrected chi connectivity index (χ3v) is 4.94. The molecule has 0 aromatic heterocycles. The molecule has 0 radical (unpaired) electrons. The van der Waals surface area contributed by atoms with Gasteiger partial charge in [0.2, 0.25) is 0 Å². The maximum atomic E-state index is 12.6. The summed E-state index contributed by atoms with van der Waals surface area (Å²) in [6, 6.07) is 23.2. The van der Waals surface area contributed by atoms with Crippen molar-refractivity contribution in [2.24, 2.45) is 0 Å². The molecule has 8 heteroatoms. The summed E-state index contributed by atoms with van der Waals surface area (Å²) in [5, 5.41) is 12.4. The van der Waals surface area contributed by atoms with Gasteiger partial charge in [0, 0.05) is 5.69 Å². The molecule has 178 valence electrons. The molecule has 0 bridgehead atoms. The van der Waals surface area contributed by atoms with E-state index < -0.39 is 11.9 Å².